The van der Waals surface area contributed by atoms with Gasteiger partial charge in [0, 0.05) is 62.4 Å². The first kappa shape index (κ1) is 30.6. The molecule has 3 aromatic heterocycles. The van der Waals surface area contributed by atoms with Gasteiger partial charge in [-0.1, -0.05) is 135 Å². The fourth-order valence-electron chi connectivity index (χ4n) is 8.34. The molecule has 250 valence electrons. The van der Waals surface area contributed by atoms with Crippen LogP contribution >= 0.6 is 22.7 Å². The fourth-order valence-corrected chi connectivity index (χ4v) is 10.7. The van der Waals surface area contributed by atoms with Crippen molar-refractivity contribution >= 4 is 63.0 Å². The minimum atomic E-state index is -0.131. The molecule has 0 atom stereocenters. The Kier molecular flexibility index (Phi) is 6.64. The molecular weight excluding hydrogens is 683 g/mol. The van der Waals surface area contributed by atoms with Crippen LogP contribution in [0.3, 0.4) is 0 Å². The summed E-state index contributed by atoms with van der Waals surface area (Å²) in [6.45, 7) is 4.63. The molecule has 3 nitrogen and oxygen atoms in total. The number of hydrogen-bond acceptors (Lipinski definition) is 5. The van der Waals surface area contributed by atoms with Crippen LogP contribution in [-0.2, 0) is 5.41 Å². The minimum Gasteiger partial charge on any atom is -0.208 e. The third kappa shape index (κ3) is 4.67. The summed E-state index contributed by atoms with van der Waals surface area (Å²) in [6, 6.07) is 54.6. The minimum absolute atomic E-state index is 0.131. The quantitative estimate of drug-likeness (QED) is 0.182. The van der Waals surface area contributed by atoms with E-state index in [1.165, 1.54) is 73.7 Å². The topological polar surface area (TPSA) is 38.7 Å². The van der Waals surface area contributed by atoms with Gasteiger partial charge in [-0.2, -0.15) is 0 Å². The Morgan fingerprint density at radius 2 is 1.04 bits per heavy atom. The first-order valence-electron chi connectivity index (χ1n) is 17.9. The van der Waals surface area contributed by atoms with Crippen molar-refractivity contribution in [3.8, 4) is 56.4 Å². The van der Waals surface area contributed by atoms with Gasteiger partial charge < -0.3 is 0 Å². The van der Waals surface area contributed by atoms with Crippen LogP contribution < -0.4 is 0 Å². The lowest BCUT2D eigenvalue weighted by Crippen LogP contribution is -2.15. The number of aromatic nitrogens is 3. The van der Waals surface area contributed by atoms with Gasteiger partial charge in [-0.25, -0.2) is 15.0 Å². The molecule has 0 aliphatic heterocycles. The van der Waals surface area contributed by atoms with Crippen molar-refractivity contribution in [1.82, 2.24) is 15.0 Å². The monoisotopic (exact) mass is 713 g/mol. The zero-order valence-electron chi connectivity index (χ0n) is 29.1. The van der Waals surface area contributed by atoms with Crippen LogP contribution in [0.4, 0.5) is 0 Å². The van der Waals surface area contributed by atoms with E-state index < -0.39 is 0 Å². The highest BCUT2D eigenvalue weighted by Crippen LogP contribution is 2.50. The average molecular weight is 714 g/mol. The van der Waals surface area contributed by atoms with Crippen molar-refractivity contribution in [2.75, 3.05) is 0 Å². The molecule has 1 aliphatic rings. The number of nitrogens with zero attached hydrogens (tertiary/aromatic N) is 3. The molecule has 0 radical (unpaired) electrons. The predicted octanol–water partition coefficient (Wildman–Crippen LogP) is 13.6. The molecule has 0 unspecified atom stereocenters. The Morgan fingerprint density at radius 1 is 0.396 bits per heavy atom. The van der Waals surface area contributed by atoms with Crippen molar-refractivity contribution < 1.29 is 0 Å². The fraction of sp³-hybridized carbons (Fsp3) is 0.0625. The van der Waals surface area contributed by atoms with E-state index in [0.29, 0.717) is 17.5 Å². The summed E-state index contributed by atoms with van der Waals surface area (Å²) in [6.07, 6.45) is 0. The van der Waals surface area contributed by atoms with Crippen LogP contribution in [0.2, 0.25) is 0 Å². The molecule has 5 heteroatoms. The van der Waals surface area contributed by atoms with Crippen LogP contribution in [0.5, 0.6) is 0 Å². The van der Waals surface area contributed by atoms with Crippen LogP contribution in [0.1, 0.15) is 25.0 Å². The Hall–Kier alpha value is -6.01. The van der Waals surface area contributed by atoms with Gasteiger partial charge in [-0.15, -0.1) is 22.7 Å². The van der Waals surface area contributed by atoms with E-state index in [9.17, 15) is 0 Å². The third-order valence-corrected chi connectivity index (χ3v) is 13.3. The van der Waals surface area contributed by atoms with Gasteiger partial charge in [0.15, 0.2) is 17.5 Å². The van der Waals surface area contributed by atoms with Crippen molar-refractivity contribution in [2.45, 2.75) is 19.3 Å². The molecular formula is C48H31N3S2. The second-order valence-electron chi connectivity index (χ2n) is 14.4. The van der Waals surface area contributed by atoms with E-state index in [-0.39, 0.29) is 5.41 Å². The van der Waals surface area contributed by atoms with Gasteiger partial charge >= 0.3 is 0 Å². The number of fused-ring (bicyclic) bond motifs is 9. The zero-order valence-corrected chi connectivity index (χ0v) is 30.7. The van der Waals surface area contributed by atoms with Gasteiger partial charge in [-0.3, -0.25) is 0 Å². The van der Waals surface area contributed by atoms with E-state index >= 15 is 0 Å². The number of rotatable bonds is 4. The summed E-state index contributed by atoms with van der Waals surface area (Å²) in [5, 5.41) is 5.03. The summed E-state index contributed by atoms with van der Waals surface area (Å²) in [7, 11) is 0. The molecule has 0 saturated carbocycles. The van der Waals surface area contributed by atoms with Crippen LogP contribution in [0.25, 0.3) is 96.8 Å². The zero-order chi connectivity index (χ0) is 35.3. The normalized spacial score (nSPS) is 13.2. The summed E-state index contributed by atoms with van der Waals surface area (Å²) < 4.78 is 4.94. The second-order valence-corrected chi connectivity index (χ2v) is 16.5. The van der Waals surface area contributed by atoms with Gasteiger partial charge in [0.05, 0.1) is 0 Å². The highest BCUT2D eigenvalue weighted by atomic mass is 32.1. The van der Waals surface area contributed by atoms with Gasteiger partial charge in [0.1, 0.15) is 0 Å². The van der Waals surface area contributed by atoms with Crippen molar-refractivity contribution in [1.29, 1.82) is 0 Å². The molecule has 0 fully saturated rings. The van der Waals surface area contributed by atoms with Crippen molar-refractivity contribution in [2.24, 2.45) is 0 Å². The highest BCUT2D eigenvalue weighted by molar-refractivity contribution is 7.26. The summed E-state index contributed by atoms with van der Waals surface area (Å²) >= 11 is 3.62. The first-order valence-corrected chi connectivity index (χ1v) is 19.6. The largest absolute Gasteiger partial charge is 0.208 e. The molecule has 3 heterocycles. The molecule has 0 amide bonds. The van der Waals surface area contributed by atoms with Gasteiger partial charge in [0.25, 0.3) is 0 Å². The Labute approximate surface area is 314 Å². The summed E-state index contributed by atoms with van der Waals surface area (Å²) in [5.74, 6) is 2.04. The average Bonchev–Trinajstić information content (AvgIpc) is 3.85. The van der Waals surface area contributed by atoms with Gasteiger partial charge in [-0.05, 0) is 63.7 Å². The maximum atomic E-state index is 5.27. The van der Waals surface area contributed by atoms with Crippen LogP contribution in [-0.4, -0.2) is 15.0 Å². The molecule has 7 aromatic carbocycles. The highest BCUT2D eigenvalue weighted by Gasteiger charge is 2.35. The molecule has 11 rings (SSSR count). The Morgan fingerprint density at radius 3 is 1.92 bits per heavy atom. The molecule has 1 aliphatic carbocycles. The first-order chi connectivity index (χ1) is 26.0. The third-order valence-electron chi connectivity index (χ3n) is 11.0. The van der Waals surface area contributed by atoms with Crippen LogP contribution in [0, 0.1) is 0 Å². The SMILES string of the molecule is CC1(C)c2ccccc2-c2ccc(-c3nc(-c4ccc5c(c4)sc4cccc(-c6ccccc6)c45)nc(-c4cccc5c4sc4ccccc45)n3)cc21. The molecule has 10 aromatic rings. The Bertz CT molecular complexity index is 3100. The Balaban J connectivity index is 1.12. The van der Waals surface area contributed by atoms with E-state index in [2.05, 4.69) is 166 Å². The summed E-state index contributed by atoms with van der Waals surface area (Å²) in [4.78, 5) is 15.8. The summed E-state index contributed by atoms with van der Waals surface area (Å²) in [5.41, 5.74) is 10.6. The lowest BCUT2D eigenvalue weighted by atomic mass is 9.82. The van der Waals surface area contributed by atoms with E-state index in [1.807, 2.05) is 11.3 Å². The van der Waals surface area contributed by atoms with E-state index in [1.54, 1.807) is 11.3 Å². The number of hydrogen-bond donors (Lipinski definition) is 0. The number of thiophene rings is 2. The maximum absolute atomic E-state index is 5.27. The second kappa shape index (κ2) is 11.5. The smallest absolute Gasteiger partial charge is 0.165 e. The lowest BCUT2D eigenvalue weighted by molar-refractivity contribution is 0.660. The number of benzene rings is 7. The van der Waals surface area contributed by atoms with Crippen LogP contribution in [0.15, 0.2) is 152 Å². The van der Waals surface area contributed by atoms with Gasteiger partial charge in [0.2, 0.25) is 0 Å². The molecule has 53 heavy (non-hydrogen) atoms. The van der Waals surface area contributed by atoms with Crippen molar-refractivity contribution in [3.05, 3.63) is 163 Å². The molecule has 0 N–H and O–H groups in total. The lowest BCUT2D eigenvalue weighted by Gasteiger charge is -2.21. The standard InChI is InChI=1S/C48H31N3S2/c1-48(2)38-19-8-6-14-32(38)33-24-22-29(26-39(33)48)45-49-46(51-47(50-45)37-18-10-17-35-34-15-7-9-20-40(34)53-44(35)37)30-23-25-36-42(27-30)52-41-21-11-16-31(43(36)41)28-12-4-3-5-13-28/h3-27H,1-2H3. The maximum Gasteiger partial charge on any atom is 0.165 e. The molecule has 0 saturated heterocycles. The molecule has 0 bridgehead atoms. The van der Waals surface area contributed by atoms with E-state index in [0.717, 1.165) is 16.7 Å². The molecule has 0 spiro atoms. The predicted molar refractivity (Wildman–Crippen MR) is 225 cm³/mol. The van der Waals surface area contributed by atoms with Crippen molar-refractivity contribution in [3.63, 3.8) is 0 Å². The van der Waals surface area contributed by atoms with E-state index in [4.69, 9.17) is 15.0 Å².